The number of nitrogens with one attached hydrogen (secondary N) is 1. The summed E-state index contributed by atoms with van der Waals surface area (Å²) in [4.78, 5) is 8.10. The molecule has 2 N–H and O–H groups in total. The Morgan fingerprint density at radius 2 is 2.17 bits per heavy atom. The zero-order valence-electron chi connectivity index (χ0n) is 10.1. The Morgan fingerprint density at radius 1 is 1.39 bits per heavy atom. The van der Waals surface area contributed by atoms with Gasteiger partial charge in [-0.05, 0) is 24.4 Å². The van der Waals surface area contributed by atoms with Crippen molar-refractivity contribution in [2.75, 3.05) is 11.9 Å². The van der Waals surface area contributed by atoms with Crippen molar-refractivity contribution in [1.29, 1.82) is 0 Å². The second-order valence-corrected chi connectivity index (χ2v) is 4.68. The molecule has 1 saturated carbocycles. The maximum atomic E-state index is 8.73. The van der Waals surface area contributed by atoms with Gasteiger partial charge in [0.1, 0.15) is 12.4 Å². The van der Waals surface area contributed by atoms with Crippen molar-refractivity contribution in [2.24, 2.45) is 0 Å². The normalized spacial score (nSPS) is 15.9. The number of anilines is 1. The molecular weight excluding hydrogens is 250 g/mol. The lowest BCUT2D eigenvalue weighted by Gasteiger charge is -2.23. The molecule has 1 fully saturated rings. The number of aromatic nitrogens is 2. The van der Waals surface area contributed by atoms with Gasteiger partial charge in [-0.25, -0.2) is 4.98 Å². The molecule has 0 saturated heterocycles. The van der Waals surface area contributed by atoms with Crippen LogP contribution < -0.4 is 5.32 Å². The molecular formula is C13H16ClN3O. The van der Waals surface area contributed by atoms with E-state index >= 15 is 0 Å². The Bertz CT molecular complexity index is 461. The summed E-state index contributed by atoms with van der Waals surface area (Å²) in [6.07, 6.45) is 7.67. The van der Waals surface area contributed by atoms with Crippen LogP contribution in [0, 0.1) is 11.8 Å². The van der Waals surface area contributed by atoms with Gasteiger partial charge < -0.3 is 10.4 Å². The third-order valence-corrected chi connectivity index (χ3v) is 3.19. The summed E-state index contributed by atoms with van der Waals surface area (Å²) in [6, 6.07) is 0.430. The van der Waals surface area contributed by atoms with Crippen molar-refractivity contribution in [1.82, 2.24) is 9.97 Å². The fraction of sp³-hybridized carbons (Fsp3) is 0.538. The summed E-state index contributed by atoms with van der Waals surface area (Å²) in [5.41, 5.74) is 0.680. The second kappa shape index (κ2) is 6.58. The first-order chi connectivity index (χ1) is 8.79. The third kappa shape index (κ3) is 3.59. The predicted molar refractivity (Wildman–Crippen MR) is 71.5 cm³/mol. The van der Waals surface area contributed by atoms with Gasteiger partial charge >= 0.3 is 0 Å². The SMILES string of the molecule is OCC#Cc1cnc(Cl)nc1NC1CCCCC1. The molecule has 0 amide bonds. The van der Waals surface area contributed by atoms with Crippen molar-refractivity contribution in [3.63, 3.8) is 0 Å². The van der Waals surface area contributed by atoms with Gasteiger partial charge in [0.2, 0.25) is 5.28 Å². The standard InChI is InChI=1S/C13H16ClN3O/c14-13-15-9-10(5-4-8-18)12(17-13)16-11-6-2-1-3-7-11/h9,11,18H,1-3,6-8H2,(H,15,16,17). The van der Waals surface area contributed by atoms with E-state index in [0.717, 1.165) is 12.8 Å². The van der Waals surface area contributed by atoms with Gasteiger partial charge in [0.15, 0.2) is 0 Å². The first-order valence-electron chi connectivity index (χ1n) is 6.18. The molecule has 1 heterocycles. The zero-order chi connectivity index (χ0) is 12.8. The van der Waals surface area contributed by atoms with E-state index in [2.05, 4.69) is 27.1 Å². The van der Waals surface area contributed by atoms with E-state index in [4.69, 9.17) is 16.7 Å². The van der Waals surface area contributed by atoms with Gasteiger partial charge in [0.05, 0.1) is 5.56 Å². The van der Waals surface area contributed by atoms with Gasteiger partial charge in [0.25, 0.3) is 0 Å². The molecule has 1 aliphatic rings. The Kier molecular flexibility index (Phi) is 4.80. The minimum atomic E-state index is -0.175. The van der Waals surface area contributed by atoms with Crippen LogP contribution in [0.2, 0.25) is 5.28 Å². The molecule has 1 aromatic rings. The number of rotatable bonds is 2. The van der Waals surface area contributed by atoms with Crippen molar-refractivity contribution >= 4 is 17.4 Å². The number of hydrogen-bond donors (Lipinski definition) is 2. The number of halogens is 1. The summed E-state index contributed by atoms with van der Waals surface area (Å²) in [5.74, 6) is 6.11. The van der Waals surface area contributed by atoms with E-state index in [1.807, 2.05) is 0 Å². The van der Waals surface area contributed by atoms with Crippen LogP contribution >= 0.6 is 11.6 Å². The second-order valence-electron chi connectivity index (χ2n) is 4.34. The van der Waals surface area contributed by atoms with Crippen molar-refractivity contribution in [3.8, 4) is 11.8 Å². The Hall–Kier alpha value is -1.31. The first-order valence-corrected chi connectivity index (χ1v) is 6.56. The molecule has 2 rings (SSSR count). The number of hydrogen-bond acceptors (Lipinski definition) is 4. The highest BCUT2D eigenvalue weighted by Gasteiger charge is 2.15. The summed E-state index contributed by atoms with van der Waals surface area (Å²) in [7, 11) is 0. The zero-order valence-corrected chi connectivity index (χ0v) is 10.9. The number of aliphatic hydroxyl groups excluding tert-OH is 1. The summed E-state index contributed by atoms with van der Waals surface area (Å²) < 4.78 is 0. The Balaban J connectivity index is 2.15. The molecule has 1 aliphatic carbocycles. The average Bonchev–Trinajstić information content (AvgIpc) is 2.39. The Morgan fingerprint density at radius 3 is 2.89 bits per heavy atom. The first kappa shape index (κ1) is 13.1. The molecule has 5 heteroatoms. The van der Waals surface area contributed by atoms with E-state index in [1.54, 1.807) is 6.20 Å². The van der Waals surface area contributed by atoms with Crippen LogP contribution in [-0.2, 0) is 0 Å². The number of nitrogens with zero attached hydrogens (tertiary/aromatic N) is 2. The van der Waals surface area contributed by atoms with Gasteiger partial charge in [-0.2, -0.15) is 4.98 Å². The van der Waals surface area contributed by atoms with E-state index in [9.17, 15) is 0 Å². The molecule has 0 bridgehead atoms. The number of aliphatic hydroxyl groups is 1. The van der Waals surface area contributed by atoms with Crippen LogP contribution in [0.5, 0.6) is 0 Å². The highest BCUT2D eigenvalue weighted by atomic mass is 35.5. The van der Waals surface area contributed by atoms with Gasteiger partial charge in [-0.1, -0.05) is 31.1 Å². The smallest absolute Gasteiger partial charge is 0.224 e. The molecule has 0 spiro atoms. The molecule has 4 nitrogen and oxygen atoms in total. The van der Waals surface area contributed by atoms with E-state index in [1.165, 1.54) is 19.3 Å². The van der Waals surface area contributed by atoms with E-state index in [-0.39, 0.29) is 11.9 Å². The topological polar surface area (TPSA) is 58.0 Å². The van der Waals surface area contributed by atoms with Crippen molar-refractivity contribution < 1.29 is 5.11 Å². The largest absolute Gasteiger partial charge is 0.384 e. The van der Waals surface area contributed by atoms with Gasteiger partial charge in [0, 0.05) is 12.2 Å². The predicted octanol–water partition coefficient (Wildman–Crippen LogP) is 2.22. The van der Waals surface area contributed by atoms with Gasteiger partial charge in [-0.3, -0.25) is 0 Å². The lowest BCUT2D eigenvalue weighted by molar-refractivity contribution is 0.350. The highest BCUT2D eigenvalue weighted by Crippen LogP contribution is 2.22. The lowest BCUT2D eigenvalue weighted by Crippen LogP contribution is -2.23. The average molecular weight is 266 g/mol. The fourth-order valence-corrected chi connectivity index (χ4v) is 2.27. The molecule has 0 aromatic carbocycles. The molecule has 0 radical (unpaired) electrons. The minimum absolute atomic E-state index is 0.175. The molecule has 1 aromatic heterocycles. The van der Waals surface area contributed by atoms with E-state index in [0.29, 0.717) is 17.4 Å². The van der Waals surface area contributed by atoms with Crippen LogP contribution in [0.4, 0.5) is 5.82 Å². The van der Waals surface area contributed by atoms with Crippen molar-refractivity contribution in [2.45, 2.75) is 38.1 Å². The third-order valence-electron chi connectivity index (χ3n) is 3.01. The lowest BCUT2D eigenvalue weighted by atomic mass is 9.95. The highest BCUT2D eigenvalue weighted by molar-refractivity contribution is 6.28. The maximum Gasteiger partial charge on any atom is 0.224 e. The summed E-state index contributed by atoms with van der Waals surface area (Å²) in [5, 5.41) is 12.3. The van der Waals surface area contributed by atoms with Crippen molar-refractivity contribution in [3.05, 3.63) is 17.0 Å². The minimum Gasteiger partial charge on any atom is -0.384 e. The molecule has 96 valence electrons. The molecule has 0 unspecified atom stereocenters. The van der Waals surface area contributed by atoms with Crippen LogP contribution in [0.15, 0.2) is 6.20 Å². The van der Waals surface area contributed by atoms with Crippen LogP contribution in [0.1, 0.15) is 37.7 Å². The molecule has 0 aliphatic heterocycles. The van der Waals surface area contributed by atoms with Crippen LogP contribution in [0.25, 0.3) is 0 Å². The van der Waals surface area contributed by atoms with Crippen LogP contribution in [-0.4, -0.2) is 27.7 Å². The maximum absolute atomic E-state index is 8.73. The monoisotopic (exact) mass is 265 g/mol. The summed E-state index contributed by atoms with van der Waals surface area (Å²) in [6.45, 7) is -0.175. The molecule has 0 atom stereocenters. The summed E-state index contributed by atoms with van der Waals surface area (Å²) >= 11 is 5.81. The van der Waals surface area contributed by atoms with E-state index < -0.39 is 0 Å². The quantitative estimate of drug-likeness (QED) is 0.636. The van der Waals surface area contributed by atoms with Gasteiger partial charge in [-0.15, -0.1) is 0 Å². The molecule has 18 heavy (non-hydrogen) atoms. The van der Waals surface area contributed by atoms with Crippen LogP contribution in [0.3, 0.4) is 0 Å². The fourth-order valence-electron chi connectivity index (χ4n) is 2.14. The Labute approximate surface area is 112 Å².